The number of methoxy groups -OCH3 is 1. The molecule has 3 rings (SSSR count). The van der Waals surface area contributed by atoms with Crippen LogP contribution in [0.25, 0.3) is 0 Å². The van der Waals surface area contributed by atoms with Gasteiger partial charge in [0.1, 0.15) is 10.8 Å². The Morgan fingerprint density at radius 2 is 1.93 bits per heavy atom. The third kappa shape index (κ3) is 5.45. The lowest BCUT2D eigenvalue weighted by Crippen LogP contribution is -2.43. The minimum absolute atomic E-state index is 0.0628. The Hall–Kier alpha value is -2.27. The normalized spacial score (nSPS) is 17.5. The SMILES string of the molecule is COCC(=O)Nc1cccc(NC(=O)[C@@H]2CCCN(S(=O)(=O)c3ccc(C)s3)C2)c1. The van der Waals surface area contributed by atoms with E-state index in [1.807, 2.05) is 6.92 Å². The molecular weight excluding hydrogens is 426 g/mol. The van der Waals surface area contributed by atoms with Crippen LogP contribution in [0.15, 0.2) is 40.6 Å². The molecule has 1 aliphatic rings. The molecular formula is C20H25N3O5S2. The Kier molecular flexibility index (Phi) is 7.24. The van der Waals surface area contributed by atoms with Crippen LogP contribution in [0.4, 0.5) is 11.4 Å². The number of hydrogen-bond donors (Lipinski definition) is 2. The maximum absolute atomic E-state index is 12.9. The zero-order valence-corrected chi connectivity index (χ0v) is 18.5. The van der Waals surface area contributed by atoms with Crippen molar-refractivity contribution in [3.05, 3.63) is 41.3 Å². The van der Waals surface area contributed by atoms with Gasteiger partial charge in [-0.25, -0.2) is 8.42 Å². The van der Waals surface area contributed by atoms with Gasteiger partial charge in [0.2, 0.25) is 11.8 Å². The first kappa shape index (κ1) is 22.4. The van der Waals surface area contributed by atoms with Crippen molar-refractivity contribution < 1.29 is 22.7 Å². The first-order valence-corrected chi connectivity index (χ1v) is 11.8. The van der Waals surface area contributed by atoms with Crippen molar-refractivity contribution in [1.82, 2.24) is 4.31 Å². The number of rotatable bonds is 7. The lowest BCUT2D eigenvalue weighted by Gasteiger charge is -2.30. The second-order valence-electron chi connectivity index (χ2n) is 7.12. The van der Waals surface area contributed by atoms with Gasteiger partial charge >= 0.3 is 0 Å². The molecule has 1 saturated heterocycles. The highest BCUT2D eigenvalue weighted by molar-refractivity contribution is 7.91. The number of piperidine rings is 1. The highest BCUT2D eigenvalue weighted by atomic mass is 32.2. The summed E-state index contributed by atoms with van der Waals surface area (Å²) < 4.78 is 32.3. The predicted octanol–water partition coefficient (Wildman–Crippen LogP) is 2.68. The van der Waals surface area contributed by atoms with Gasteiger partial charge in [0, 0.05) is 36.5 Å². The maximum atomic E-state index is 12.9. The van der Waals surface area contributed by atoms with Crippen molar-refractivity contribution in [2.75, 3.05) is 37.4 Å². The van der Waals surface area contributed by atoms with Gasteiger partial charge in [-0.15, -0.1) is 11.3 Å². The summed E-state index contributed by atoms with van der Waals surface area (Å²) in [4.78, 5) is 25.4. The van der Waals surface area contributed by atoms with Crippen molar-refractivity contribution >= 4 is 44.5 Å². The fraction of sp³-hybridized carbons (Fsp3) is 0.400. The number of benzene rings is 1. The van der Waals surface area contributed by atoms with Gasteiger partial charge in [-0.1, -0.05) is 6.07 Å². The minimum Gasteiger partial charge on any atom is -0.375 e. The van der Waals surface area contributed by atoms with Gasteiger partial charge in [0.25, 0.3) is 10.0 Å². The van der Waals surface area contributed by atoms with Crippen molar-refractivity contribution in [1.29, 1.82) is 0 Å². The summed E-state index contributed by atoms with van der Waals surface area (Å²) in [7, 11) is -2.16. The summed E-state index contributed by atoms with van der Waals surface area (Å²) in [6, 6.07) is 10.2. The molecule has 2 heterocycles. The monoisotopic (exact) mass is 451 g/mol. The highest BCUT2D eigenvalue weighted by Gasteiger charge is 2.34. The van der Waals surface area contributed by atoms with Crippen LogP contribution in [0, 0.1) is 12.8 Å². The average Bonchev–Trinajstić information content (AvgIpc) is 3.16. The molecule has 2 amide bonds. The summed E-state index contributed by atoms with van der Waals surface area (Å²) in [6.07, 6.45) is 1.24. The highest BCUT2D eigenvalue weighted by Crippen LogP contribution is 2.29. The molecule has 162 valence electrons. The lowest BCUT2D eigenvalue weighted by atomic mass is 9.98. The van der Waals surface area contributed by atoms with E-state index in [2.05, 4.69) is 10.6 Å². The molecule has 0 unspecified atom stereocenters. The van der Waals surface area contributed by atoms with Gasteiger partial charge in [-0.3, -0.25) is 9.59 Å². The Morgan fingerprint density at radius 3 is 2.60 bits per heavy atom. The minimum atomic E-state index is -3.59. The van der Waals surface area contributed by atoms with Crippen molar-refractivity contribution in [3.8, 4) is 0 Å². The van der Waals surface area contributed by atoms with E-state index in [1.54, 1.807) is 36.4 Å². The number of amides is 2. The molecule has 1 fully saturated rings. The number of sulfonamides is 1. The molecule has 1 aromatic carbocycles. The molecule has 30 heavy (non-hydrogen) atoms. The molecule has 0 radical (unpaired) electrons. The van der Waals surface area contributed by atoms with E-state index in [4.69, 9.17) is 4.74 Å². The summed E-state index contributed by atoms with van der Waals surface area (Å²) >= 11 is 1.24. The quantitative estimate of drug-likeness (QED) is 0.673. The Labute approximate surface area is 180 Å². The summed E-state index contributed by atoms with van der Waals surface area (Å²) in [5.74, 6) is -0.975. The zero-order valence-electron chi connectivity index (χ0n) is 16.9. The molecule has 0 aliphatic carbocycles. The number of ether oxygens (including phenoxy) is 1. The largest absolute Gasteiger partial charge is 0.375 e. The molecule has 0 saturated carbocycles. The molecule has 2 N–H and O–H groups in total. The first-order chi connectivity index (χ1) is 14.3. The number of thiophene rings is 1. The third-order valence-electron chi connectivity index (χ3n) is 4.75. The maximum Gasteiger partial charge on any atom is 0.252 e. The number of nitrogens with one attached hydrogen (secondary N) is 2. The zero-order chi connectivity index (χ0) is 21.7. The molecule has 0 bridgehead atoms. The summed E-state index contributed by atoms with van der Waals surface area (Å²) in [6.45, 7) is 2.36. The van der Waals surface area contributed by atoms with Crippen LogP contribution in [-0.4, -0.2) is 51.3 Å². The molecule has 10 heteroatoms. The van der Waals surface area contributed by atoms with Crippen LogP contribution in [0.5, 0.6) is 0 Å². The molecule has 0 spiro atoms. The summed E-state index contributed by atoms with van der Waals surface area (Å²) in [5, 5.41) is 5.51. The van der Waals surface area contributed by atoms with Crippen molar-refractivity contribution in [2.45, 2.75) is 24.0 Å². The first-order valence-electron chi connectivity index (χ1n) is 9.56. The van der Waals surface area contributed by atoms with Crippen LogP contribution < -0.4 is 10.6 Å². The molecule has 8 nitrogen and oxygen atoms in total. The molecule has 1 aromatic heterocycles. The fourth-order valence-corrected chi connectivity index (χ4v) is 6.26. The number of carbonyl (C=O) groups excluding carboxylic acids is 2. The average molecular weight is 452 g/mol. The van der Waals surface area contributed by atoms with Crippen molar-refractivity contribution in [3.63, 3.8) is 0 Å². The van der Waals surface area contributed by atoms with E-state index in [0.717, 1.165) is 4.88 Å². The van der Waals surface area contributed by atoms with Gasteiger partial charge < -0.3 is 15.4 Å². The standard InChI is InChI=1S/C20H25N3O5S2/c1-14-8-9-19(29-14)30(26,27)23-10-4-5-15(12-23)20(25)22-17-7-3-6-16(11-17)21-18(24)13-28-2/h3,6-9,11,15H,4-5,10,12-13H2,1-2H3,(H,21,24)(H,22,25)/t15-/m1/s1. The van der Waals surface area contributed by atoms with Crippen LogP contribution in [-0.2, 0) is 24.3 Å². The number of carbonyl (C=O) groups is 2. The Balaban J connectivity index is 1.65. The second kappa shape index (κ2) is 9.69. The van der Waals surface area contributed by atoms with E-state index < -0.39 is 15.9 Å². The van der Waals surface area contributed by atoms with E-state index in [9.17, 15) is 18.0 Å². The number of aryl methyl sites for hydroxylation is 1. The molecule has 1 atom stereocenters. The van der Waals surface area contributed by atoms with Crippen LogP contribution in [0.3, 0.4) is 0 Å². The van der Waals surface area contributed by atoms with E-state index >= 15 is 0 Å². The van der Waals surface area contributed by atoms with E-state index in [1.165, 1.54) is 22.8 Å². The number of nitrogens with zero attached hydrogens (tertiary/aromatic N) is 1. The Morgan fingerprint density at radius 1 is 1.20 bits per heavy atom. The topological polar surface area (TPSA) is 105 Å². The van der Waals surface area contributed by atoms with Gasteiger partial charge in [-0.05, 0) is 50.1 Å². The summed E-state index contributed by atoms with van der Waals surface area (Å²) in [5.41, 5.74) is 1.07. The Bertz CT molecular complexity index is 1020. The van der Waals surface area contributed by atoms with Crippen LogP contribution >= 0.6 is 11.3 Å². The van der Waals surface area contributed by atoms with Gasteiger partial charge in [-0.2, -0.15) is 4.31 Å². The lowest BCUT2D eigenvalue weighted by molar-refractivity contribution is -0.121. The van der Waals surface area contributed by atoms with Crippen molar-refractivity contribution in [2.24, 2.45) is 5.92 Å². The van der Waals surface area contributed by atoms with E-state index in [0.29, 0.717) is 35.0 Å². The van der Waals surface area contributed by atoms with Crippen LogP contribution in [0.1, 0.15) is 17.7 Å². The third-order valence-corrected chi connectivity index (χ3v) is 8.09. The number of hydrogen-bond acceptors (Lipinski definition) is 6. The fourth-order valence-electron chi connectivity index (χ4n) is 3.30. The van der Waals surface area contributed by atoms with Gasteiger partial charge in [0.05, 0.1) is 5.92 Å². The number of anilines is 2. The van der Waals surface area contributed by atoms with E-state index in [-0.39, 0.29) is 25.0 Å². The predicted molar refractivity (Wildman–Crippen MR) is 116 cm³/mol. The molecule has 1 aliphatic heterocycles. The molecule has 2 aromatic rings. The smallest absolute Gasteiger partial charge is 0.252 e. The second-order valence-corrected chi connectivity index (χ2v) is 10.6. The van der Waals surface area contributed by atoms with Gasteiger partial charge in [0.15, 0.2) is 0 Å². The van der Waals surface area contributed by atoms with Crippen LogP contribution in [0.2, 0.25) is 0 Å².